The van der Waals surface area contributed by atoms with Gasteiger partial charge < -0.3 is 14.8 Å². The van der Waals surface area contributed by atoms with E-state index in [0.717, 1.165) is 16.9 Å². The van der Waals surface area contributed by atoms with Crippen LogP contribution in [0.3, 0.4) is 0 Å². The van der Waals surface area contributed by atoms with Crippen molar-refractivity contribution in [2.75, 3.05) is 7.11 Å². The number of carbonyl (C=O) groups is 2. The molecule has 1 heterocycles. The van der Waals surface area contributed by atoms with Crippen LogP contribution in [0.15, 0.2) is 54.6 Å². The molecule has 1 amide bonds. The number of hydrogen-bond donors (Lipinski definition) is 1. The van der Waals surface area contributed by atoms with E-state index in [9.17, 15) is 9.59 Å². The summed E-state index contributed by atoms with van der Waals surface area (Å²) in [6.45, 7) is 3.92. The van der Waals surface area contributed by atoms with E-state index in [4.69, 9.17) is 21.1 Å². The van der Waals surface area contributed by atoms with Crippen LogP contribution >= 0.6 is 11.6 Å². The normalized spacial score (nSPS) is 11.6. The van der Waals surface area contributed by atoms with Gasteiger partial charge >= 0.3 is 5.97 Å². The van der Waals surface area contributed by atoms with E-state index >= 15 is 0 Å². The van der Waals surface area contributed by atoms with E-state index in [-0.39, 0.29) is 10.7 Å². The standard InChI is InChI=1S/C23H24ClN3O4/c1-15-20(21(24)27(26-15)14-18-7-5-4-6-8-18)23(29)31-16(2)22(28)25-13-17-9-11-19(30-3)12-10-17/h4-12,16H,13-14H2,1-3H3,(H,25,28). The molecule has 1 atom stereocenters. The quantitative estimate of drug-likeness (QED) is 0.538. The Bertz CT molecular complexity index is 1050. The molecule has 31 heavy (non-hydrogen) atoms. The van der Waals surface area contributed by atoms with Crippen LogP contribution < -0.4 is 10.1 Å². The molecule has 1 aromatic heterocycles. The zero-order valence-electron chi connectivity index (χ0n) is 17.6. The molecule has 0 saturated heterocycles. The molecule has 1 unspecified atom stereocenters. The van der Waals surface area contributed by atoms with Crippen LogP contribution in [0.25, 0.3) is 0 Å². The van der Waals surface area contributed by atoms with E-state index in [1.54, 1.807) is 14.0 Å². The largest absolute Gasteiger partial charge is 0.497 e. The Morgan fingerprint density at radius 2 is 1.77 bits per heavy atom. The van der Waals surface area contributed by atoms with Gasteiger partial charge in [0, 0.05) is 6.54 Å². The number of hydrogen-bond acceptors (Lipinski definition) is 5. The molecule has 3 rings (SSSR count). The number of aromatic nitrogens is 2. The summed E-state index contributed by atoms with van der Waals surface area (Å²) < 4.78 is 12.0. The van der Waals surface area contributed by atoms with Crippen molar-refractivity contribution in [2.45, 2.75) is 33.0 Å². The lowest BCUT2D eigenvalue weighted by Gasteiger charge is -2.14. The summed E-state index contributed by atoms with van der Waals surface area (Å²) >= 11 is 6.39. The second-order valence-electron chi connectivity index (χ2n) is 7.01. The fourth-order valence-corrected chi connectivity index (χ4v) is 3.31. The Hall–Kier alpha value is -3.32. The molecule has 0 aliphatic heterocycles. The number of benzene rings is 2. The van der Waals surface area contributed by atoms with Gasteiger partial charge in [-0.15, -0.1) is 0 Å². The van der Waals surface area contributed by atoms with E-state index in [1.807, 2.05) is 54.6 Å². The minimum atomic E-state index is -0.987. The van der Waals surface area contributed by atoms with Gasteiger partial charge in [0.25, 0.3) is 5.91 Å². The second-order valence-corrected chi connectivity index (χ2v) is 7.37. The average molecular weight is 442 g/mol. The van der Waals surface area contributed by atoms with Gasteiger partial charge in [-0.25, -0.2) is 9.48 Å². The van der Waals surface area contributed by atoms with Gasteiger partial charge in [-0.3, -0.25) is 4.79 Å². The second kappa shape index (κ2) is 10.1. The molecule has 0 aliphatic rings. The Morgan fingerprint density at radius 1 is 1.10 bits per heavy atom. The zero-order chi connectivity index (χ0) is 22.4. The van der Waals surface area contributed by atoms with E-state index < -0.39 is 18.0 Å². The lowest BCUT2D eigenvalue weighted by molar-refractivity contribution is -0.129. The van der Waals surface area contributed by atoms with Crippen LogP contribution in [0.5, 0.6) is 5.75 Å². The first kappa shape index (κ1) is 22.4. The predicted molar refractivity (Wildman–Crippen MR) is 117 cm³/mol. The maximum Gasteiger partial charge on any atom is 0.343 e. The summed E-state index contributed by atoms with van der Waals surface area (Å²) in [5.41, 5.74) is 2.50. The monoisotopic (exact) mass is 441 g/mol. The molecule has 1 N–H and O–H groups in total. The van der Waals surface area contributed by atoms with E-state index in [0.29, 0.717) is 18.8 Å². The highest BCUT2D eigenvalue weighted by Gasteiger charge is 2.25. The van der Waals surface area contributed by atoms with Gasteiger partial charge in [0.15, 0.2) is 6.10 Å². The van der Waals surface area contributed by atoms with Crippen LogP contribution in [0.4, 0.5) is 0 Å². The molecule has 0 spiro atoms. The molecule has 0 saturated carbocycles. The number of rotatable bonds is 8. The minimum absolute atomic E-state index is 0.160. The van der Waals surface area contributed by atoms with Crippen LogP contribution in [0.1, 0.15) is 34.1 Å². The first-order chi connectivity index (χ1) is 14.9. The Kier molecular flexibility index (Phi) is 7.31. The van der Waals surface area contributed by atoms with E-state index in [1.165, 1.54) is 11.6 Å². The summed E-state index contributed by atoms with van der Waals surface area (Å²) in [5, 5.41) is 7.27. The van der Waals surface area contributed by atoms with Gasteiger partial charge in [-0.2, -0.15) is 5.10 Å². The summed E-state index contributed by atoms with van der Waals surface area (Å²) in [6.07, 6.45) is -0.987. The minimum Gasteiger partial charge on any atom is -0.497 e. The number of nitrogens with zero attached hydrogens (tertiary/aromatic N) is 2. The van der Waals surface area contributed by atoms with Crippen molar-refractivity contribution in [3.8, 4) is 5.75 Å². The number of esters is 1. The van der Waals surface area contributed by atoms with Crippen LogP contribution in [0.2, 0.25) is 5.15 Å². The fourth-order valence-electron chi connectivity index (χ4n) is 3.00. The summed E-state index contributed by atoms with van der Waals surface area (Å²) in [7, 11) is 1.59. The van der Waals surface area contributed by atoms with Crippen LogP contribution in [-0.4, -0.2) is 34.9 Å². The highest BCUT2D eigenvalue weighted by Crippen LogP contribution is 2.22. The smallest absolute Gasteiger partial charge is 0.343 e. The first-order valence-electron chi connectivity index (χ1n) is 9.77. The maximum atomic E-state index is 12.7. The molecule has 3 aromatic rings. The number of aryl methyl sites for hydroxylation is 1. The number of carbonyl (C=O) groups excluding carboxylic acids is 2. The Morgan fingerprint density at radius 3 is 2.42 bits per heavy atom. The van der Waals surface area contributed by atoms with Crippen molar-refractivity contribution in [2.24, 2.45) is 0 Å². The average Bonchev–Trinajstić information content (AvgIpc) is 3.05. The number of nitrogens with one attached hydrogen (secondary N) is 1. The summed E-state index contributed by atoms with van der Waals surface area (Å²) in [5.74, 6) is -0.360. The lowest BCUT2D eigenvalue weighted by atomic mass is 10.2. The molecule has 162 valence electrons. The SMILES string of the molecule is COc1ccc(CNC(=O)C(C)OC(=O)c2c(C)nn(Cc3ccccc3)c2Cl)cc1. The molecule has 0 fully saturated rings. The first-order valence-corrected chi connectivity index (χ1v) is 10.1. The highest BCUT2D eigenvalue weighted by molar-refractivity contribution is 6.32. The van der Waals surface area contributed by atoms with Crippen molar-refractivity contribution in [3.05, 3.63) is 82.1 Å². The summed E-state index contributed by atoms with van der Waals surface area (Å²) in [6, 6.07) is 17.0. The van der Waals surface area contributed by atoms with Crippen molar-refractivity contribution >= 4 is 23.5 Å². The van der Waals surface area contributed by atoms with Crippen molar-refractivity contribution in [1.82, 2.24) is 15.1 Å². The molecular formula is C23H24ClN3O4. The van der Waals surface area contributed by atoms with E-state index in [2.05, 4.69) is 10.4 Å². The van der Waals surface area contributed by atoms with Gasteiger partial charge in [0.05, 0.1) is 19.3 Å². The van der Waals surface area contributed by atoms with Crippen molar-refractivity contribution in [3.63, 3.8) is 0 Å². The lowest BCUT2D eigenvalue weighted by Crippen LogP contribution is -2.35. The molecule has 0 aliphatic carbocycles. The maximum absolute atomic E-state index is 12.7. The number of ether oxygens (including phenoxy) is 2. The van der Waals surface area contributed by atoms with Gasteiger partial charge in [-0.05, 0) is 37.1 Å². The van der Waals surface area contributed by atoms with Gasteiger partial charge in [-0.1, -0.05) is 54.1 Å². The molecule has 7 nitrogen and oxygen atoms in total. The topological polar surface area (TPSA) is 82.4 Å². The Balaban J connectivity index is 1.60. The number of halogens is 1. The highest BCUT2D eigenvalue weighted by atomic mass is 35.5. The molecule has 0 radical (unpaired) electrons. The zero-order valence-corrected chi connectivity index (χ0v) is 18.3. The number of methoxy groups -OCH3 is 1. The molecule has 2 aromatic carbocycles. The predicted octanol–water partition coefficient (Wildman–Crippen LogP) is 3.76. The Labute approximate surface area is 185 Å². The third kappa shape index (κ3) is 5.64. The van der Waals surface area contributed by atoms with Crippen LogP contribution in [0, 0.1) is 6.92 Å². The fraction of sp³-hybridized carbons (Fsp3) is 0.261. The molecular weight excluding hydrogens is 418 g/mol. The van der Waals surface area contributed by atoms with Gasteiger partial charge in [0.2, 0.25) is 0 Å². The third-order valence-corrected chi connectivity index (χ3v) is 5.11. The third-order valence-electron chi connectivity index (χ3n) is 4.72. The number of amides is 1. The molecule has 0 bridgehead atoms. The van der Waals surface area contributed by atoms with Crippen molar-refractivity contribution < 1.29 is 19.1 Å². The van der Waals surface area contributed by atoms with Crippen LogP contribution in [-0.2, 0) is 22.6 Å². The molecule has 8 heteroatoms. The van der Waals surface area contributed by atoms with Gasteiger partial charge in [0.1, 0.15) is 16.5 Å². The van der Waals surface area contributed by atoms with Crippen molar-refractivity contribution in [1.29, 1.82) is 0 Å². The summed E-state index contributed by atoms with van der Waals surface area (Å²) in [4.78, 5) is 25.0.